The number of rotatable bonds is 4. The molecule has 0 saturated carbocycles. The molecule has 6 rings (SSSR count). The number of hydrogen-bond donors (Lipinski definition) is 4. The van der Waals surface area contributed by atoms with Gasteiger partial charge >= 0.3 is 0 Å². The first kappa shape index (κ1) is 24.4. The van der Waals surface area contributed by atoms with Gasteiger partial charge < -0.3 is 26.4 Å². The summed E-state index contributed by atoms with van der Waals surface area (Å²) in [6.45, 7) is 1.89. The van der Waals surface area contributed by atoms with Gasteiger partial charge in [-0.1, -0.05) is 36.3 Å². The summed E-state index contributed by atoms with van der Waals surface area (Å²) in [6.07, 6.45) is 5.96. The Morgan fingerprint density at radius 2 is 2.00 bits per heavy atom. The van der Waals surface area contributed by atoms with E-state index in [1.165, 1.54) is 11.1 Å². The second kappa shape index (κ2) is 10.1. The van der Waals surface area contributed by atoms with Crippen molar-refractivity contribution in [2.45, 2.75) is 44.8 Å². The zero-order chi connectivity index (χ0) is 26.1. The molecule has 0 radical (unpaired) electrons. The van der Waals surface area contributed by atoms with E-state index in [2.05, 4.69) is 61.6 Å². The molecule has 38 heavy (non-hydrogen) atoms. The molecule has 1 amide bonds. The normalized spacial score (nSPS) is 19.3. The molecule has 194 valence electrons. The largest absolute Gasteiger partial charge is 0.390 e. The second-order valence-electron chi connectivity index (χ2n) is 10.5. The summed E-state index contributed by atoms with van der Waals surface area (Å²) in [6, 6.07) is 14.6. The van der Waals surface area contributed by atoms with Gasteiger partial charge in [0, 0.05) is 36.9 Å². The number of piperidine rings is 1. The molecule has 5 N–H and O–H groups in total. The first-order valence-corrected chi connectivity index (χ1v) is 13.3. The molecule has 1 atom stereocenters. The molecular weight excluding hydrogens is 476 g/mol. The fourth-order valence-corrected chi connectivity index (χ4v) is 6.08. The van der Waals surface area contributed by atoms with Crippen LogP contribution in [0.4, 0.5) is 17.2 Å². The number of fused-ring (bicyclic) bond motifs is 2. The van der Waals surface area contributed by atoms with E-state index in [1.807, 2.05) is 18.2 Å². The van der Waals surface area contributed by atoms with E-state index >= 15 is 0 Å². The van der Waals surface area contributed by atoms with Crippen LogP contribution in [-0.4, -0.2) is 40.6 Å². The number of nitrogens with one attached hydrogen (secondary N) is 2. The second-order valence-corrected chi connectivity index (χ2v) is 10.5. The van der Waals surface area contributed by atoms with Crippen molar-refractivity contribution in [3.8, 4) is 11.8 Å². The lowest BCUT2D eigenvalue weighted by atomic mass is 9.73. The summed E-state index contributed by atoms with van der Waals surface area (Å²) in [5.74, 6) is 6.90. The standard InChI is InChI=1S/C30H32N6O2/c31-28-24-6-2-1-4-21(24)17-30(28)11-14-36(15-12-30)29-26(19-37)34-23(18-33-29)5-3-13-32-22-9-7-20-8-10-27(38)35-25(20)16-22/h1-2,4,6-7,9,16,18,28,32,37H,8,10-15,17,19,31H2,(H,35,38). The molecule has 3 aromatic rings. The van der Waals surface area contributed by atoms with E-state index in [9.17, 15) is 9.90 Å². The van der Waals surface area contributed by atoms with Crippen molar-refractivity contribution in [1.29, 1.82) is 0 Å². The molecule has 8 nitrogen and oxygen atoms in total. The first-order valence-electron chi connectivity index (χ1n) is 13.3. The minimum absolute atomic E-state index is 0.0490. The molecule has 1 aromatic heterocycles. The maximum atomic E-state index is 11.7. The van der Waals surface area contributed by atoms with Crippen LogP contribution in [0, 0.1) is 17.3 Å². The van der Waals surface area contributed by atoms with Crippen LogP contribution in [0.15, 0.2) is 48.7 Å². The average molecular weight is 509 g/mol. The molecule has 2 aromatic carbocycles. The number of aliphatic hydroxyl groups is 1. The lowest BCUT2D eigenvalue weighted by Crippen LogP contribution is -2.45. The molecule has 3 aliphatic rings. The molecule has 3 heterocycles. The molecule has 0 bridgehead atoms. The van der Waals surface area contributed by atoms with Gasteiger partial charge in [0.2, 0.25) is 5.91 Å². The molecular formula is C30H32N6O2. The van der Waals surface area contributed by atoms with Crippen molar-refractivity contribution < 1.29 is 9.90 Å². The van der Waals surface area contributed by atoms with Crippen molar-refractivity contribution in [1.82, 2.24) is 9.97 Å². The third-order valence-electron chi connectivity index (χ3n) is 8.23. The van der Waals surface area contributed by atoms with Crippen molar-refractivity contribution in [2.75, 3.05) is 35.2 Å². The van der Waals surface area contributed by atoms with Crippen LogP contribution < -0.4 is 21.3 Å². The first-order chi connectivity index (χ1) is 18.5. The van der Waals surface area contributed by atoms with E-state index in [4.69, 9.17) is 5.73 Å². The number of nitrogens with zero attached hydrogens (tertiary/aromatic N) is 3. The van der Waals surface area contributed by atoms with Gasteiger partial charge in [0.1, 0.15) is 11.4 Å². The Morgan fingerprint density at radius 3 is 2.82 bits per heavy atom. The highest BCUT2D eigenvalue weighted by molar-refractivity contribution is 5.94. The highest BCUT2D eigenvalue weighted by atomic mass is 16.3. The number of hydrogen-bond acceptors (Lipinski definition) is 7. The van der Waals surface area contributed by atoms with Crippen molar-refractivity contribution in [3.63, 3.8) is 0 Å². The molecule has 8 heteroatoms. The quantitative estimate of drug-likeness (QED) is 0.400. The van der Waals surface area contributed by atoms with Gasteiger partial charge in [0.15, 0.2) is 5.82 Å². The van der Waals surface area contributed by atoms with Gasteiger partial charge in [-0.05, 0) is 65.8 Å². The Balaban J connectivity index is 1.08. The number of benzene rings is 2. The summed E-state index contributed by atoms with van der Waals surface area (Å²) >= 11 is 0. The number of nitrogens with two attached hydrogens (primary N) is 1. The summed E-state index contributed by atoms with van der Waals surface area (Å²) < 4.78 is 0. The number of carbonyl (C=O) groups excluding carboxylic acids is 1. The van der Waals surface area contributed by atoms with Gasteiger partial charge in [0.05, 0.1) is 19.3 Å². The number of aliphatic hydroxyl groups excluding tert-OH is 1. The van der Waals surface area contributed by atoms with E-state index in [0.717, 1.165) is 61.5 Å². The van der Waals surface area contributed by atoms with E-state index in [-0.39, 0.29) is 24.0 Å². The topological polar surface area (TPSA) is 116 Å². The van der Waals surface area contributed by atoms with Gasteiger partial charge in [0.25, 0.3) is 0 Å². The minimum atomic E-state index is -0.191. The zero-order valence-corrected chi connectivity index (χ0v) is 21.3. The van der Waals surface area contributed by atoms with Crippen LogP contribution in [0.5, 0.6) is 0 Å². The molecule has 1 saturated heterocycles. The lowest BCUT2D eigenvalue weighted by molar-refractivity contribution is -0.116. The summed E-state index contributed by atoms with van der Waals surface area (Å²) in [5.41, 5.74) is 13.4. The third-order valence-corrected chi connectivity index (χ3v) is 8.23. The number of aryl methyl sites for hydroxylation is 1. The smallest absolute Gasteiger partial charge is 0.224 e. The van der Waals surface area contributed by atoms with E-state index < -0.39 is 0 Å². The highest BCUT2D eigenvalue weighted by Crippen LogP contribution is 2.51. The zero-order valence-electron chi connectivity index (χ0n) is 21.3. The summed E-state index contributed by atoms with van der Waals surface area (Å²) in [7, 11) is 0. The molecule has 1 fully saturated rings. The van der Waals surface area contributed by atoms with Crippen LogP contribution in [0.3, 0.4) is 0 Å². The summed E-state index contributed by atoms with van der Waals surface area (Å²) in [5, 5.41) is 16.2. The number of amides is 1. The highest BCUT2D eigenvalue weighted by Gasteiger charge is 2.46. The van der Waals surface area contributed by atoms with E-state index in [1.54, 1.807) is 6.20 Å². The number of aromatic nitrogens is 2. The van der Waals surface area contributed by atoms with Gasteiger partial charge in [-0.25, -0.2) is 9.97 Å². The van der Waals surface area contributed by atoms with Crippen LogP contribution in [0.2, 0.25) is 0 Å². The Bertz CT molecular complexity index is 1430. The van der Waals surface area contributed by atoms with Gasteiger partial charge in [-0.2, -0.15) is 0 Å². The monoisotopic (exact) mass is 508 g/mol. The number of carbonyl (C=O) groups is 1. The van der Waals surface area contributed by atoms with Gasteiger partial charge in [-0.3, -0.25) is 4.79 Å². The van der Waals surface area contributed by atoms with Crippen LogP contribution in [0.25, 0.3) is 0 Å². The average Bonchev–Trinajstić information content (AvgIpc) is 3.22. The van der Waals surface area contributed by atoms with E-state index in [0.29, 0.717) is 24.4 Å². The third kappa shape index (κ3) is 4.60. The van der Waals surface area contributed by atoms with Crippen LogP contribution >= 0.6 is 0 Å². The van der Waals surface area contributed by atoms with Crippen LogP contribution in [0.1, 0.15) is 53.4 Å². The Hall–Kier alpha value is -3.93. The minimum Gasteiger partial charge on any atom is -0.390 e. The predicted molar refractivity (Wildman–Crippen MR) is 148 cm³/mol. The maximum absolute atomic E-state index is 11.7. The molecule has 1 aliphatic carbocycles. The SMILES string of the molecule is NC1c2ccccc2CC12CCN(c1ncc(C#CCNc3ccc4c(c3)NC(=O)CC4)nc1CO)CC2. The van der Waals surface area contributed by atoms with Crippen molar-refractivity contribution >= 4 is 23.1 Å². The summed E-state index contributed by atoms with van der Waals surface area (Å²) in [4.78, 5) is 23.1. The Kier molecular flexibility index (Phi) is 6.48. The molecule has 1 unspecified atom stereocenters. The Labute approximate surface area is 222 Å². The lowest BCUT2D eigenvalue weighted by Gasteiger charge is -2.42. The number of anilines is 3. The Morgan fingerprint density at radius 1 is 1.16 bits per heavy atom. The fourth-order valence-electron chi connectivity index (χ4n) is 6.08. The van der Waals surface area contributed by atoms with Gasteiger partial charge in [-0.15, -0.1) is 0 Å². The van der Waals surface area contributed by atoms with Crippen LogP contribution in [-0.2, 0) is 24.2 Å². The van der Waals surface area contributed by atoms with Crippen molar-refractivity contribution in [2.24, 2.45) is 11.1 Å². The maximum Gasteiger partial charge on any atom is 0.224 e. The van der Waals surface area contributed by atoms with Crippen molar-refractivity contribution in [3.05, 3.63) is 76.7 Å². The molecule has 2 aliphatic heterocycles. The fraction of sp³-hybridized carbons (Fsp3) is 0.367. The molecule has 1 spiro atoms. The predicted octanol–water partition coefficient (Wildman–Crippen LogP) is 3.16.